The van der Waals surface area contributed by atoms with Crippen LogP contribution in [0.15, 0.2) is 66.3 Å². The maximum atomic E-state index is 2.68. The molecule has 0 saturated heterocycles. The predicted molar refractivity (Wildman–Crippen MR) is 140 cm³/mol. The van der Waals surface area contributed by atoms with Crippen LogP contribution in [0.2, 0.25) is 57.4 Å². The van der Waals surface area contributed by atoms with Crippen LogP contribution in [0.4, 0.5) is 0 Å². The van der Waals surface area contributed by atoms with Crippen LogP contribution >= 0.6 is 0 Å². The topological polar surface area (TPSA) is 0 Å². The Morgan fingerprint density at radius 1 is 0.759 bits per heavy atom. The molecule has 0 aromatic heterocycles. The van der Waals surface area contributed by atoms with Crippen molar-refractivity contribution in [3.63, 3.8) is 0 Å². The Balaban J connectivity index is 1.67. The molecule has 4 rings (SSSR count). The average molecular weight is 433 g/mol. The van der Waals surface area contributed by atoms with Crippen LogP contribution in [0.25, 0.3) is 16.8 Å². The quantitative estimate of drug-likeness (QED) is 0.418. The van der Waals surface area contributed by atoms with E-state index >= 15 is 0 Å². The molecule has 2 atom stereocenters. The van der Waals surface area contributed by atoms with Gasteiger partial charge in [-0.3, -0.25) is 0 Å². The van der Waals surface area contributed by atoms with Crippen molar-refractivity contribution in [2.75, 3.05) is 0 Å². The van der Waals surface area contributed by atoms with Gasteiger partial charge in [0, 0.05) is 8.07 Å². The Hall–Kier alpha value is -1.43. The van der Waals surface area contributed by atoms with Crippen molar-refractivity contribution < 1.29 is 0 Å². The highest BCUT2D eigenvalue weighted by Gasteiger charge is 2.50. The lowest BCUT2D eigenvalue weighted by Gasteiger charge is -2.45. The minimum Gasteiger partial charge on any atom is -0.0804 e. The molecular weight excluding hydrogens is 397 g/mol. The molecule has 0 fully saturated rings. The van der Waals surface area contributed by atoms with E-state index in [-0.39, 0.29) is 0 Å². The zero-order valence-electron chi connectivity index (χ0n) is 19.2. The standard InChI is InChI=1S/C26H36Si3/c1-27(2,3)19-20-12-14-22(18-20)28(4,5)29(6,7)26-17-16-24-23-11-9-8-10-21(23)13-15-25(24)26/h8-18,22,26H,19H2,1-7H3. The van der Waals surface area contributed by atoms with Crippen LogP contribution in [0.3, 0.4) is 0 Å². The average Bonchev–Trinajstić information content (AvgIpc) is 3.27. The molecule has 2 aliphatic carbocycles. The van der Waals surface area contributed by atoms with Gasteiger partial charge in [-0.25, -0.2) is 0 Å². The van der Waals surface area contributed by atoms with Gasteiger partial charge in [-0.05, 0) is 39.0 Å². The highest BCUT2D eigenvalue weighted by Crippen LogP contribution is 2.48. The first kappa shape index (κ1) is 20.8. The van der Waals surface area contributed by atoms with Crippen molar-refractivity contribution in [2.24, 2.45) is 0 Å². The van der Waals surface area contributed by atoms with E-state index in [1.165, 1.54) is 22.4 Å². The number of rotatable bonds is 5. The molecule has 152 valence electrons. The summed E-state index contributed by atoms with van der Waals surface area (Å²) >= 11 is 0. The van der Waals surface area contributed by atoms with E-state index in [4.69, 9.17) is 0 Å². The number of benzene rings is 2. The Labute approximate surface area is 180 Å². The van der Waals surface area contributed by atoms with Crippen LogP contribution in [-0.4, -0.2) is 23.3 Å². The first-order valence-electron chi connectivity index (χ1n) is 11.1. The zero-order chi connectivity index (χ0) is 21.0. The third-order valence-corrected chi connectivity index (χ3v) is 28.5. The van der Waals surface area contributed by atoms with Crippen LogP contribution in [0.1, 0.15) is 16.7 Å². The minimum absolute atomic E-state index is 0.645. The van der Waals surface area contributed by atoms with Gasteiger partial charge in [0.05, 0.1) is 15.2 Å². The molecule has 0 nitrogen and oxygen atoms in total. The zero-order valence-corrected chi connectivity index (χ0v) is 22.2. The molecule has 29 heavy (non-hydrogen) atoms. The van der Waals surface area contributed by atoms with Gasteiger partial charge in [-0.2, -0.15) is 0 Å². The van der Waals surface area contributed by atoms with Crippen LogP contribution in [0, 0.1) is 0 Å². The van der Waals surface area contributed by atoms with Crippen molar-refractivity contribution >= 4 is 40.1 Å². The third kappa shape index (κ3) is 3.62. The summed E-state index contributed by atoms with van der Waals surface area (Å²) in [6.45, 7) is 18.2. The lowest BCUT2D eigenvalue weighted by molar-refractivity contribution is 1.17. The summed E-state index contributed by atoms with van der Waals surface area (Å²) in [6.07, 6.45) is 12.7. The van der Waals surface area contributed by atoms with E-state index in [0.717, 1.165) is 0 Å². The maximum absolute atomic E-state index is 2.68. The summed E-state index contributed by atoms with van der Waals surface area (Å²) in [5.74, 6) is 0. The first-order chi connectivity index (χ1) is 13.5. The molecule has 0 saturated carbocycles. The van der Waals surface area contributed by atoms with E-state index < -0.39 is 23.3 Å². The summed E-state index contributed by atoms with van der Waals surface area (Å²) in [5.41, 5.74) is 6.04. The first-order valence-corrected chi connectivity index (χ1v) is 22.0. The second-order valence-corrected chi connectivity index (χ2v) is 32.8. The van der Waals surface area contributed by atoms with Crippen molar-refractivity contribution in [1.82, 2.24) is 0 Å². The van der Waals surface area contributed by atoms with Gasteiger partial charge in [0.25, 0.3) is 0 Å². The molecule has 2 aromatic rings. The van der Waals surface area contributed by atoms with Gasteiger partial charge < -0.3 is 0 Å². The fourth-order valence-corrected chi connectivity index (χ4v) is 17.5. The smallest absolute Gasteiger partial charge is 0.0548 e. The summed E-state index contributed by atoms with van der Waals surface area (Å²) in [5, 5.41) is 2.79. The Bertz CT molecular complexity index is 1030. The second kappa shape index (κ2) is 7.07. The van der Waals surface area contributed by atoms with Crippen molar-refractivity contribution in [1.29, 1.82) is 0 Å². The van der Waals surface area contributed by atoms with Crippen LogP contribution in [-0.2, 0) is 0 Å². The van der Waals surface area contributed by atoms with Crippen LogP contribution < -0.4 is 0 Å². The van der Waals surface area contributed by atoms with Gasteiger partial charge >= 0.3 is 0 Å². The summed E-state index contributed by atoms with van der Waals surface area (Å²) in [7, 11) is -4.06. The summed E-state index contributed by atoms with van der Waals surface area (Å²) in [4.78, 5) is 0. The number of allylic oxidation sites excluding steroid dienone is 5. The van der Waals surface area contributed by atoms with E-state index in [1.807, 2.05) is 0 Å². The molecule has 0 N–H and O–H groups in total. The molecule has 2 aromatic carbocycles. The van der Waals surface area contributed by atoms with Gasteiger partial charge in [-0.1, -0.05) is 118 Å². The van der Waals surface area contributed by atoms with Crippen molar-refractivity contribution in [3.05, 3.63) is 77.4 Å². The molecule has 0 heterocycles. The Kier molecular flexibility index (Phi) is 5.08. The second-order valence-electron chi connectivity index (χ2n) is 11.4. The third-order valence-electron chi connectivity index (χ3n) is 7.71. The monoisotopic (exact) mass is 432 g/mol. The predicted octanol–water partition coefficient (Wildman–Crippen LogP) is 8.19. The normalized spacial score (nSPS) is 21.7. The van der Waals surface area contributed by atoms with E-state index in [1.54, 1.807) is 11.1 Å². The largest absolute Gasteiger partial charge is 0.0804 e. The van der Waals surface area contributed by atoms with Gasteiger partial charge in [0.2, 0.25) is 0 Å². The molecule has 0 bridgehead atoms. The Morgan fingerprint density at radius 3 is 2.21 bits per heavy atom. The molecule has 0 radical (unpaired) electrons. The molecule has 0 aliphatic heterocycles. The van der Waals surface area contributed by atoms with E-state index in [0.29, 0.717) is 11.1 Å². The molecule has 0 spiro atoms. The highest BCUT2D eigenvalue weighted by molar-refractivity contribution is 7.42. The highest BCUT2D eigenvalue weighted by atomic mass is 29.3. The van der Waals surface area contributed by atoms with Crippen molar-refractivity contribution in [2.45, 2.75) is 63.0 Å². The lowest BCUT2D eigenvalue weighted by Crippen LogP contribution is -2.60. The minimum atomic E-state index is -1.52. The number of hydrogen-bond acceptors (Lipinski definition) is 0. The fraction of sp³-hybridized carbons (Fsp3) is 0.385. The maximum Gasteiger partial charge on any atom is 0.0548 e. The molecule has 2 unspecified atom stereocenters. The molecule has 3 heteroatoms. The van der Waals surface area contributed by atoms with E-state index in [2.05, 4.69) is 113 Å². The van der Waals surface area contributed by atoms with Gasteiger partial charge in [-0.15, -0.1) is 0 Å². The molecular formula is C26H36Si3. The fourth-order valence-electron chi connectivity index (χ4n) is 5.27. The number of hydrogen-bond donors (Lipinski definition) is 0. The van der Waals surface area contributed by atoms with Gasteiger partial charge in [0.15, 0.2) is 0 Å². The lowest BCUT2D eigenvalue weighted by atomic mass is 10.0. The van der Waals surface area contributed by atoms with Crippen LogP contribution in [0.5, 0.6) is 0 Å². The summed E-state index contributed by atoms with van der Waals surface area (Å²) < 4.78 is 0. The van der Waals surface area contributed by atoms with E-state index in [9.17, 15) is 0 Å². The summed E-state index contributed by atoms with van der Waals surface area (Å²) in [6, 6.07) is 15.0. The molecule has 0 amide bonds. The number of fused-ring (bicyclic) bond motifs is 3. The van der Waals surface area contributed by atoms with Crippen molar-refractivity contribution in [3.8, 4) is 0 Å². The Morgan fingerprint density at radius 2 is 1.48 bits per heavy atom. The van der Waals surface area contributed by atoms with Gasteiger partial charge in [0.1, 0.15) is 0 Å². The SMILES string of the molecule is C[Si](C)(C)CC1=CC([Si](C)(C)[Si](C)(C)C2C=Cc3c2ccc2ccccc32)C=C1. The molecule has 2 aliphatic rings.